The Labute approximate surface area is 102 Å². The van der Waals surface area contributed by atoms with Gasteiger partial charge in [-0.05, 0) is 26.8 Å². The van der Waals surface area contributed by atoms with Gasteiger partial charge in [-0.3, -0.25) is 0 Å². The Bertz CT molecular complexity index is 440. The van der Waals surface area contributed by atoms with E-state index in [1.54, 1.807) is 6.07 Å². The summed E-state index contributed by atoms with van der Waals surface area (Å²) in [4.78, 5) is 0. The van der Waals surface area contributed by atoms with Crippen molar-refractivity contribution in [2.45, 2.75) is 25.5 Å². The lowest BCUT2D eigenvalue weighted by Gasteiger charge is -2.12. The summed E-state index contributed by atoms with van der Waals surface area (Å²) >= 11 is 5.73. The van der Waals surface area contributed by atoms with Gasteiger partial charge in [0, 0.05) is 11.8 Å². The van der Waals surface area contributed by atoms with Crippen LogP contribution in [0.3, 0.4) is 0 Å². The van der Waals surface area contributed by atoms with E-state index in [1.165, 1.54) is 18.3 Å². The first-order valence-corrected chi connectivity index (χ1v) is 6.21. The van der Waals surface area contributed by atoms with Gasteiger partial charge >= 0.3 is 0 Å². The summed E-state index contributed by atoms with van der Waals surface area (Å²) in [5, 5.41) is -0.00263. The molecule has 1 atom stereocenters. The lowest BCUT2D eigenvalue weighted by molar-refractivity contribution is 0.628. The molecule has 88 valence electrons. The minimum Gasteiger partial charge on any atom is -0.234 e. The normalized spacial score (nSPS) is 14.3. The van der Waals surface area contributed by atoms with Crippen LogP contribution in [-0.4, -0.2) is 15.2 Å². The molecule has 0 aliphatic heterocycles. The molecule has 0 saturated heterocycles. The molecule has 0 amide bonds. The van der Waals surface area contributed by atoms with Gasteiger partial charge in [0.1, 0.15) is 16.8 Å². The Morgan fingerprint density at radius 3 is 2.62 bits per heavy atom. The van der Waals surface area contributed by atoms with Crippen LogP contribution in [0.5, 0.6) is 0 Å². The predicted octanol–water partition coefficient (Wildman–Crippen LogP) is 3.36. The number of rotatable bonds is 2. The van der Waals surface area contributed by atoms with E-state index in [0.717, 1.165) is 0 Å². The molecular formula is C11H13ClFNOS. The quantitative estimate of drug-likeness (QED) is 0.751. The molecule has 0 aromatic heterocycles. The van der Waals surface area contributed by atoms with Crippen LogP contribution in [-0.2, 0) is 11.0 Å². The highest BCUT2D eigenvalue weighted by atomic mass is 35.5. The van der Waals surface area contributed by atoms with E-state index in [2.05, 4.69) is 4.40 Å². The Balaban J connectivity index is 2.94. The van der Waals surface area contributed by atoms with Crippen LogP contribution >= 0.6 is 11.6 Å². The highest BCUT2D eigenvalue weighted by molar-refractivity contribution is 7.85. The summed E-state index contributed by atoms with van der Waals surface area (Å²) in [6.07, 6.45) is 1.34. The first-order chi connectivity index (χ1) is 7.32. The van der Waals surface area contributed by atoms with E-state index in [0.29, 0.717) is 5.56 Å². The molecular weight excluding hydrogens is 249 g/mol. The van der Waals surface area contributed by atoms with Crippen LogP contribution < -0.4 is 0 Å². The van der Waals surface area contributed by atoms with Crippen LogP contribution in [0.4, 0.5) is 4.39 Å². The third kappa shape index (κ3) is 3.39. The standard InChI is InChI=1S/C11H13ClFNOS/c1-11(2,3)16(15)14-7-8-5-4-6-9(13)10(8)12/h4-7H,1-3H3/t16-/m0/s1. The van der Waals surface area contributed by atoms with Crippen molar-refractivity contribution in [2.24, 2.45) is 4.40 Å². The van der Waals surface area contributed by atoms with E-state index < -0.39 is 21.5 Å². The molecule has 1 aromatic carbocycles. The van der Waals surface area contributed by atoms with Gasteiger partial charge < -0.3 is 0 Å². The summed E-state index contributed by atoms with van der Waals surface area (Å²) in [5.41, 5.74) is 0.430. The zero-order valence-corrected chi connectivity index (χ0v) is 10.9. The minimum atomic E-state index is -1.36. The van der Waals surface area contributed by atoms with Crippen molar-refractivity contribution in [3.8, 4) is 0 Å². The van der Waals surface area contributed by atoms with E-state index in [9.17, 15) is 8.60 Å². The molecule has 0 N–H and O–H groups in total. The number of hydrogen-bond acceptors (Lipinski definition) is 1. The Morgan fingerprint density at radius 2 is 2.06 bits per heavy atom. The minimum absolute atomic E-state index is 0.00263. The Morgan fingerprint density at radius 1 is 1.44 bits per heavy atom. The van der Waals surface area contributed by atoms with Crippen LogP contribution in [0.2, 0.25) is 5.02 Å². The fourth-order valence-corrected chi connectivity index (χ4v) is 1.58. The van der Waals surface area contributed by atoms with Gasteiger partial charge in [-0.2, -0.15) is 4.40 Å². The summed E-state index contributed by atoms with van der Waals surface area (Å²) in [6.45, 7) is 5.44. The zero-order chi connectivity index (χ0) is 12.3. The molecule has 0 radical (unpaired) electrons. The van der Waals surface area contributed by atoms with Crippen LogP contribution in [0, 0.1) is 5.82 Å². The second-order valence-corrected chi connectivity index (χ2v) is 6.55. The van der Waals surface area contributed by atoms with Gasteiger partial charge in [0.2, 0.25) is 0 Å². The third-order valence-corrected chi connectivity index (χ3v) is 3.54. The maximum atomic E-state index is 13.1. The second kappa shape index (κ2) is 5.06. The van der Waals surface area contributed by atoms with Crippen molar-refractivity contribution in [1.82, 2.24) is 0 Å². The Hall–Kier alpha value is -0.740. The molecule has 0 aliphatic rings. The molecule has 0 unspecified atom stereocenters. The van der Waals surface area contributed by atoms with Crippen LogP contribution in [0.25, 0.3) is 0 Å². The molecule has 0 fully saturated rings. The average molecular weight is 262 g/mol. The van der Waals surface area contributed by atoms with Crippen molar-refractivity contribution < 1.29 is 8.60 Å². The molecule has 2 nitrogen and oxygen atoms in total. The van der Waals surface area contributed by atoms with E-state index in [4.69, 9.17) is 11.6 Å². The van der Waals surface area contributed by atoms with Crippen molar-refractivity contribution in [3.63, 3.8) is 0 Å². The molecule has 0 bridgehead atoms. The highest BCUT2D eigenvalue weighted by Crippen LogP contribution is 2.19. The molecule has 0 heterocycles. The van der Waals surface area contributed by atoms with Crippen molar-refractivity contribution in [2.75, 3.05) is 0 Å². The van der Waals surface area contributed by atoms with Crippen molar-refractivity contribution >= 4 is 28.8 Å². The maximum absolute atomic E-state index is 13.1. The van der Waals surface area contributed by atoms with Gasteiger partial charge in [0.15, 0.2) is 0 Å². The predicted molar refractivity (Wildman–Crippen MR) is 66.9 cm³/mol. The lowest BCUT2D eigenvalue weighted by Crippen LogP contribution is -2.19. The van der Waals surface area contributed by atoms with E-state index >= 15 is 0 Å². The zero-order valence-electron chi connectivity index (χ0n) is 9.33. The second-order valence-electron chi connectivity index (χ2n) is 4.24. The van der Waals surface area contributed by atoms with Crippen molar-refractivity contribution in [1.29, 1.82) is 0 Å². The first-order valence-electron chi connectivity index (χ1n) is 4.72. The number of nitrogens with zero attached hydrogens (tertiary/aromatic N) is 1. The van der Waals surface area contributed by atoms with E-state index in [-0.39, 0.29) is 5.02 Å². The molecule has 1 rings (SSSR count). The number of hydrogen-bond donors (Lipinski definition) is 0. The summed E-state index contributed by atoms with van der Waals surface area (Å²) < 4.78 is 28.1. The van der Waals surface area contributed by atoms with E-state index in [1.807, 2.05) is 20.8 Å². The molecule has 0 aliphatic carbocycles. The first kappa shape index (κ1) is 13.3. The number of halogens is 2. The van der Waals surface area contributed by atoms with Crippen LogP contribution in [0.1, 0.15) is 26.3 Å². The number of benzene rings is 1. The third-order valence-electron chi connectivity index (χ3n) is 1.79. The van der Waals surface area contributed by atoms with Gasteiger partial charge in [-0.25, -0.2) is 8.60 Å². The summed E-state index contributed by atoms with van der Waals surface area (Å²) in [5.74, 6) is -0.507. The van der Waals surface area contributed by atoms with Gasteiger partial charge in [-0.15, -0.1) is 0 Å². The highest BCUT2D eigenvalue weighted by Gasteiger charge is 2.18. The fraction of sp³-hybridized carbons (Fsp3) is 0.364. The van der Waals surface area contributed by atoms with Gasteiger partial charge in [0.25, 0.3) is 0 Å². The topological polar surface area (TPSA) is 29.4 Å². The van der Waals surface area contributed by atoms with Crippen molar-refractivity contribution in [3.05, 3.63) is 34.6 Å². The molecule has 0 saturated carbocycles. The van der Waals surface area contributed by atoms with Crippen LogP contribution in [0.15, 0.2) is 22.6 Å². The monoisotopic (exact) mass is 261 g/mol. The SMILES string of the molecule is CC(C)(C)[S@](=O)N=Cc1cccc(F)c1Cl. The maximum Gasteiger partial charge on any atom is 0.144 e. The largest absolute Gasteiger partial charge is 0.234 e. The average Bonchev–Trinajstić information content (AvgIpc) is 2.18. The summed E-state index contributed by atoms with van der Waals surface area (Å²) in [7, 11) is -1.36. The lowest BCUT2D eigenvalue weighted by atomic mass is 10.2. The molecule has 0 spiro atoms. The fourth-order valence-electron chi connectivity index (χ4n) is 0.883. The van der Waals surface area contributed by atoms with Gasteiger partial charge in [0.05, 0.1) is 9.77 Å². The summed E-state index contributed by atoms with van der Waals surface area (Å²) in [6, 6.07) is 4.41. The molecule has 5 heteroatoms. The smallest absolute Gasteiger partial charge is 0.144 e. The molecule has 16 heavy (non-hydrogen) atoms. The Kier molecular flexibility index (Phi) is 4.21. The van der Waals surface area contributed by atoms with Gasteiger partial charge in [-0.1, -0.05) is 23.7 Å². The molecule has 1 aromatic rings.